The van der Waals surface area contributed by atoms with Crippen molar-refractivity contribution in [2.75, 3.05) is 18.1 Å². The molecule has 0 spiro atoms. The Kier molecular flexibility index (Phi) is 4.15. The highest BCUT2D eigenvalue weighted by Gasteiger charge is 2.23. The van der Waals surface area contributed by atoms with E-state index in [2.05, 4.69) is 9.88 Å². The SMILES string of the molecule is N=C(N)c1ccnc(N(CCO)C2CCCC2)c1. The predicted molar refractivity (Wildman–Crippen MR) is 71.9 cm³/mol. The highest BCUT2D eigenvalue weighted by atomic mass is 16.3. The molecule has 0 saturated heterocycles. The molecule has 0 radical (unpaired) electrons. The van der Waals surface area contributed by atoms with Crippen molar-refractivity contribution >= 4 is 11.7 Å². The van der Waals surface area contributed by atoms with Gasteiger partial charge in [-0.15, -0.1) is 0 Å². The lowest BCUT2D eigenvalue weighted by Gasteiger charge is -2.29. The molecular formula is C13H20N4O. The molecule has 5 heteroatoms. The molecule has 0 amide bonds. The van der Waals surface area contributed by atoms with E-state index < -0.39 is 0 Å². The lowest BCUT2D eigenvalue weighted by Crippen LogP contribution is -2.36. The van der Waals surface area contributed by atoms with Crippen molar-refractivity contribution in [3.8, 4) is 0 Å². The third-order valence-electron chi connectivity index (χ3n) is 3.46. The molecule has 5 nitrogen and oxygen atoms in total. The molecule has 4 N–H and O–H groups in total. The zero-order chi connectivity index (χ0) is 13.0. The Morgan fingerprint density at radius 3 is 2.83 bits per heavy atom. The van der Waals surface area contributed by atoms with E-state index in [1.807, 2.05) is 6.07 Å². The van der Waals surface area contributed by atoms with Gasteiger partial charge in [0.15, 0.2) is 0 Å². The first-order chi connectivity index (χ1) is 8.72. The van der Waals surface area contributed by atoms with Gasteiger partial charge in [0.2, 0.25) is 0 Å². The minimum Gasteiger partial charge on any atom is -0.395 e. The van der Waals surface area contributed by atoms with Crippen LogP contribution in [0, 0.1) is 5.41 Å². The van der Waals surface area contributed by atoms with Crippen molar-refractivity contribution in [3.63, 3.8) is 0 Å². The number of aliphatic hydroxyl groups excluding tert-OH is 1. The first kappa shape index (κ1) is 12.8. The summed E-state index contributed by atoms with van der Waals surface area (Å²) in [5.74, 6) is 0.859. The summed E-state index contributed by atoms with van der Waals surface area (Å²) in [5.41, 5.74) is 6.18. The van der Waals surface area contributed by atoms with Crippen molar-refractivity contribution in [2.24, 2.45) is 5.73 Å². The number of amidine groups is 1. The molecule has 1 aromatic rings. The van der Waals surface area contributed by atoms with Gasteiger partial charge in [0.05, 0.1) is 6.61 Å². The van der Waals surface area contributed by atoms with E-state index in [0.29, 0.717) is 18.2 Å². The number of pyridine rings is 1. The fourth-order valence-corrected chi connectivity index (χ4v) is 2.55. The van der Waals surface area contributed by atoms with E-state index >= 15 is 0 Å². The number of anilines is 1. The van der Waals surface area contributed by atoms with Gasteiger partial charge in [-0.1, -0.05) is 12.8 Å². The van der Waals surface area contributed by atoms with E-state index in [1.54, 1.807) is 12.3 Å². The van der Waals surface area contributed by atoms with Crippen molar-refractivity contribution < 1.29 is 5.11 Å². The molecule has 18 heavy (non-hydrogen) atoms. The monoisotopic (exact) mass is 248 g/mol. The van der Waals surface area contributed by atoms with Crippen LogP contribution in [0.3, 0.4) is 0 Å². The quantitative estimate of drug-likeness (QED) is 0.538. The topological polar surface area (TPSA) is 86.2 Å². The van der Waals surface area contributed by atoms with Gasteiger partial charge in [0, 0.05) is 24.3 Å². The maximum atomic E-state index is 9.20. The molecule has 1 fully saturated rings. The van der Waals surface area contributed by atoms with Crippen molar-refractivity contribution in [2.45, 2.75) is 31.7 Å². The zero-order valence-corrected chi connectivity index (χ0v) is 10.5. The van der Waals surface area contributed by atoms with Crippen LogP contribution in [-0.4, -0.2) is 35.1 Å². The predicted octanol–water partition coefficient (Wildman–Crippen LogP) is 1.11. The Balaban J connectivity index is 2.23. The number of rotatable bonds is 5. The number of hydrogen-bond donors (Lipinski definition) is 3. The molecule has 0 aromatic carbocycles. The summed E-state index contributed by atoms with van der Waals surface area (Å²) < 4.78 is 0. The van der Waals surface area contributed by atoms with Crippen molar-refractivity contribution in [1.82, 2.24) is 4.98 Å². The lowest BCUT2D eigenvalue weighted by molar-refractivity contribution is 0.297. The van der Waals surface area contributed by atoms with Crippen LogP contribution in [0.15, 0.2) is 18.3 Å². The standard InChI is InChI=1S/C13H20N4O/c14-13(15)10-5-6-16-12(9-10)17(7-8-18)11-3-1-2-4-11/h5-6,9,11,18H,1-4,7-8H2,(H3,14,15). The molecule has 2 rings (SSSR count). The molecule has 0 unspecified atom stereocenters. The van der Waals surface area contributed by atoms with Crippen LogP contribution in [0.4, 0.5) is 5.82 Å². The van der Waals surface area contributed by atoms with Crippen LogP contribution in [0.5, 0.6) is 0 Å². The Morgan fingerprint density at radius 2 is 2.22 bits per heavy atom. The third-order valence-corrected chi connectivity index (χ3v) is 3.46. The fourth-order valence-electron chi connectivity index (χ4n) is 2.55. The number of nitrogens with one attached hydrogen (secondary N) is 1. The highest BCUT2D eigenvalue weighted by Crippen LogP contribution is 2.27. The molecule has 1 aliphatic rings. The highest BCUT2D eigenvalue weighted by molar-refractivity contribution is 5.95. The number of aliphatic hydroxyl groups is 1. The second-order valence-electron chi connectivity index (χ2n) is 4.67. The molecule has 1 aromatic heterocycles. The molecule has 0 aliphatic heterocycles. The molecule has 1 aliphatic carbocycles. The van der Waals surface area contributed by atoms with E-state index in [1.165, 1.54) is 12.8 Å². The minimum atomic E-state index is 0.0500. The average molecular weight is 248 g/mol. The summed E-state index contributed by atoms with van der Waals surface area (Å²) in [6, 6.07) is 4.01. The first-order valence-electron chi connectivity index (χ1n) is 6.40. The van der Waals surface area contributed by atoms with Crippen LogP contribution < -0.4 is 10.6 Å². The molecule has 0 bridgehead atoms. The Morgan fingerprint density at radius 1 is 1.50 bits per heavy atom. The number of aromatic nitrogens is 1. The number of nitrogens with two attached hydrogens (primary N) is 1. The van der Waals surface area contributed by atoms with E-state index in [-0.39, 0.29) is 12.4 Å². The summed E-state index contributed by atoms with van der Waals surface area (Å²) in [6.45, 7) is 0.696. The second-order valence-corrected chi connectivity index (χ2v) is 4.67. The summed E-state index contributed by atoms with van der Waals surface area (Å²) in [4.78, 5) is 6.49. The minimum absolute atomic E-state index is 0.0500. The van der Waals surface area contributed by atoms with Gasteiger partial charge in [0.1, 0.15) is 11.7 Å². The van der Waals surface area contributed by atoms with Crippen molar-refractivity contribution in [1.29, 1.82) is 5.41 Å². The van der Waals surface area contributed by atoms with Crippen LogP contribution in [-0.2, 0) is 0 Å². The number of hydrogen-bond acceptors (Lipinski definition) is 4. The largest absolute Gasteiger partial charge is 0.395 e. The summed E-state index contributed by atoms with van der Waals surface area (Å²) >= 11 is 0. The Labute approximate surface area is 107 Å². The van der Waals surface area contributed by atoms with Crippen LogP contribution in [0.2, 0.25) is 0 Å². The number of nitrogens with zero attached hydrogens (tertiary/aromatic N) is 2. The molecule has 98 valence electrons. The molecule has 1 heterocycles. The van der Waals surface area contributed by atoms with Crippen LogP contribution >= 0.6 is 0 Å². The maximum absolute atomic E-state index is 9.20. The van der Waals surface area contributed by atoms with Crippen LogP contribution in [0.25, 0.3) is 0 Å². The molecular weight excluding hydrogens is 228 g/mol. The van der Waals surface area contributed by atoms with Gasteiger partial charge >= 0.3 is 0 Å². The van der Waals surface area contributed by atoms with Crippen LogP contribution in [0.1, 0.15) is 31.2 Å². The Bertz CT molecular complexity index is 415. The summed E-state index contributed by atoms with van der Waals surface area (Å²) in [6.07, 6.45) is 6.43. The van der Waals surface area contributed by atoms with Crippen molar-refractivity contribution in [3.05, 3.63) is 23.9 Å². The fraction of sp³-hybridized carbons (Fsp3) is 0.538. The van der Waals surface area contributed by atoms with Gasteiger partial charge in [-0.25, -0.2) is 4.98 Å². The Hall–Kier alpha value is -1.62. The van der Waals surface area contributed by atoms with Gasteiger partial charge in [0.25, 0.3) is 0 Å². The molecule has 0 atom stereocenters. The van der Waals surface area contributed by atoms with E-state index in [0.717, 1.165) is 18.7 Å². The smallest absolute Gasteiger partial charge is 0.129 e. The van der Waals surface area contributed by atoms with E-state index in [4.69, 9.17) is 11.1 Å². The third kappa shape index (κ3) is 2.79. The van der Waals surface area contributed by atoms with E-state index in [9.17, 15) is 5.11 Å². The maximum Gasteiger partial charge on any atom is 0.129 e. The first-order valence-corrected chi connectivity index (χ1v) is 6.40. The molecule has 1 saturated carbocycles. The number of nitrogen functional groups attached to an aromatic ring is 1. The lowest BCUT2D eigenvalue weighted by atomic mass is 10.2. The van der Waals surface area contributed by atoms with Gasteiger partial charge in [-0.05, 0) is 25.0 Å². The van der Waals surface area contributed by atoms with Gasteiger partial charge in [-0.2, -0.15) is 0 Å². The van der Waals surface area contributed by atoms with Gasteiger partial charge < -0.3 is 15.7 Å². The van der Waals surface area contributed by atoms with Gasteiger partial charge in [-0.3, -0.25) is 5.41 Å². The average Bonchev–Trinajstić information content (AvgIpc) is 2.89. The second kappa shape index (κ2) is 5.82. The summed E-state index contributed by atoms with van der Waals surface area (Å²) in [5, 5.41) is 16.7. The normalized spacial score (nSPS) is 15.8. The zero-order valence-electron chi connectivity index (χ0n) is 10.5. The summed E-state index contributed by atoms with van der Waals surface area (Å²) in [7, 11) is 0.